The van der Waals surface area contributed by atoms with Gasteiger partial charge in [0.1, 0.15) is 17.6 Å². The molecule has 0 saturated carbocycles. The first-order chi connectivity index (χ1) is 9.15. The Kier molecular flexibility index (Phi) is 4.63. The molecule has 19 heavy (non-hydrogen) atoms. The van der Waals surface area contributed by atoms with Gasteiger partial charge in [0.2, 0.25) is 0 Å². The van der Waals surface area contributed by atoms with E-state index in [2.05, 4.69) is 38.2 Å². The van der Waals surface area contributed by atoms with Gasteiger partial charge in [0.15, 0.2) is 0 Å². The smallest absolute Gasteiger partial charge is 0.122 e. The molecule has 0 spiro atoms. The van der Waals surface area contributed by atoms with Gasteiger partial charge in [-0.05, 0) is 44.5 Å². The van der Waals surface area contributed by atoms with Gasteiger partial charge < -0.3 is 14.5 Å². The molecule has 3 heteroatoms. The van der Waals surface area contributed by atoms with Gasteiger partial charge in [-0.3, -0.25) is 0 Å². The predicted octanol–water partition coefficient (Wildman–Crippen LogP) is 3.45. The zero-order chi connectivity index (χ0) is 13.7. The maximum absolute atomic E-state index is 5.93. The van der Waals surface area contributed by atoms with Crippen molar-refractivity contribution in [1.82, 2.24) is 5.32 Å². The first kappa shape index (κ1) is 13.7. The van der Waals surface area contributed by atoms with Crippen molar-refractivity contribution in [3.8, 4) is 5.75 Å². The Bertz CT molecular complexity index is 505. The molecule has 1 atom stereocenters. The van der Waals surface area contributed by atoms with E-state index < -0.39 is 0 Å². The third kappa shape index (κ3) is 4.14. The standard InChI is InChI=1S/C16H21NO2/c1-12-6-7-16(13(2)9-12)19-14(3)10-17-11-15-5-4-8-18-15/h4-9,14,17H,10-11H2,1-3H3. The highest BCUT2D eigenvalue weighted by atomic mass is 16.5. The van der Waals surface area contributed by atoms with E-state index in [1.54, 1.807) is 6.26 Å². The van der Waals surface area contributed by atoms with Crippen LogP contribution in [0.15, 0.2) is 41.0 Å². The Hall–Kier alpha value is -1.74. The summed E-state index contributed by atoms with van der Waals surface area (Å²) < 4.78 is 11.2. The van der Waals surface area contributed by atoms with Crippen molar-refractivity contribution in [1.29, 1.82) is 0 Å². The molecule has 1 aromatic carbocycles. The van der Waals surface area contributed by atoms with Crippen LogP contribution in [0.2, 0.25) is 0 Å². The summed E-state index contributed by atoms with van der Waals surface area (Å²) >= 11 is 0. The Balaban J connectivity index is 1.79. The first-order valence-corrected chi connectivity index (χ1v) is 6.62. The van der Waals surface area contributed by atoms with Gasteiger partial charge in [-0.2, -0.15) is 0 Å². The van der Waals surface area contributed by atoms with Gasteiger partial charge in [0.25, 0.3) is 0 Å². The SMILES string of the molecule is Cc1ccc(OC(C)CNCc2ccco2)c(C)c1. The summed E-state index contributed by atoms with van der Waals surface area (Å²) in [5.41, 5.74) is 2.44. The Morgan fingerprint density at radius 1 is 1.26 bits per heavy atom. The summed E-state index contributed by atoms with van der Waals surface area (Å²) in [4.78, 5) is 0. The molecule has 0 bridgehead atoms. The quantitative estimate of drug-likeness (QED) is 0.862. The Labute approximate surface area is 114 Å². The van der Waals surface area contributed by atoms with Crippen LogP contribution in [0.1, 0.15) is 23.8 Å². The Morgan fingerprint density at radius 2 is 2.11 bits per heavy atom. The summed E-state index contributed by atoms with van der Waals surface area (Å²) in [6.45, 7) is 7.74. The second kappa shape index (κ2) is 6.43. The lowest BCUT2D eigenvalue weighted by molar-refractivity contribution is 0.214. The highest BCUT2D eigenvalue weighted by Crippen LogP contribution is 2.19. The van der Waals surface area contributed by atoms with Gasteiger partial charge in [0, 0.05) is 6.54 Å². The topological polar surface area (TPSA) is 34.4 Å². The second-order valence-corrected chi connectivity index (χ2v) is 4.91. The zero-order valence-corrected chi connectivity index (χ0v) is 11.8. The number of ether oxygens (including phenoxy) is 1. The van der Waals surface area contributed by atoms with E-state index in [4.69, 9.17) is 9.15 Å². The largest absolute Gasteiger partial charge is 0.489 e. The van der Waals surface area contributed by atoms with Gasteiger partial charge in [0.05, 0.1) is 12.8 Å². The lowest BCUT2D eigenvalue weighted by Gasteiger charge is -2.17. The van der Waals surface area contributed by atoms with Gasteiger partial charge in [-0.15, -0.1) is 0 Å². The third-order valence-corrected chi connectivity index (χ3v) is 2.97. The zero-order valence-electron chi connectivity index (χ0n) is 11.8. The molecule has 0 saturated heterocycles. The number of nitrogens with one attached hydrogen (secondary N) is 1. The van der Waals surface area contributed by atoms with Crippen LogP contribution in [0.3, 0.4) is 0 Å². The van der Waals surface area contributed by atoms with Crippen LogP contribution in [0.4, 0.5) is 0 Å². The molecule has 1 N–H and O–H groups in total. The minimum atomic E-state index is 0.122. The van der Waals surface area contributed by atoms with Gasteiger partial charge in [-0.1, -0.05) is 17.7 Å². The van der Waals surface area contributed by atoms with Crippen LogP contribution in [0.5, 0.6) is 5.75 Å². The molecule has 0 fully saturated rings. The van der Waals surface area contributed by atoms with Crippen molar-refractivity contribution in [2.24, 2.45) is 0 Å². The number of hydrogen-bond acceptors (Lipinski definition) is 3. The van der Waals surface area contributed by atoms with E-state index in [0.29, 0.717) is 0 Å². The van der Waals surface area contributed by atoms with Crippen LogP contribution in [-0.4, -0.2) is 12.6 Å². The average Bonchev–Trinajstić information content (AvgIpc) is 2.86. The van der Waals surface area contributed by atoms with E-state index in [-0.39, 0.29) is 6.10 Å². The molecule has 0 amide bonds. The summed E-state index contributed by atoms with van der Waals surface area (Å²) in [5.74, 6) is 1.90. The molecule has 0 radical (unpaired) electrons. The number of aryl methyl sites for hydroxylation is 2. The van der Waals surface area contributed by atoms with E-state index in [0.717, 1.165) is 24.6 Å². The summed E-state index contributed by atoms with van der Waals surface area (Å²) in [7, 11) is 0. The molecule has 0 aliphatic carbocycles. The van der Waals surface area contributed by atoms with E-state index in [1.165, 1.54) is 11.1 Å². The summed E-state index contributed by atoms with van der Waals surface area (Å²) in [5, 5.41) is 3.32. The van der Waals surface area contributed by atoms with Gasteiger partial charge in [-0.25, -0.2) is 0 Å². The molecular formula is C16H21NO2. The number of furan rings is 1. The maximum Gasteiger partial charge on any atom is 0.122 e. The molecule has 2 rings (SSSR count). The summed E-state index contributed by atoms with van der Waals surface area (Å²) in [6.07, 6.45) is 1.81. The molecule has 0 aliphatic heterocycles. The molecule has 1 unspecified atom stereocenters. The molecule has 0 aliphatic rings. The van der Waals surface area contributed by atoms with Crippen LogP contribution < -0.4 is 10.1 Å². The van der Waals surface area contributed by atoms with Crippen molar-refractivity contribution >= 4 is 0 Å². The number of benzene rings is 1. The van der Waals surface area contributed by atoms with Crippen LogP contribution in [0.25, 0.3) is 0 Å². The maximum atomic E-state index is 5.93. The van der Waals surface area contributed by atoms with E-state index in [1.807, 2.05) is 18.2 Å². The lowest BCUT2D eigenvalue weighted by Crippen LogP contribution is -2.28. The highest BCUT2D eigenvalue weighted by molar-refractivity contribution is 5.35. The fraction of sp³-hybridized carbons (Fsp3) is 0.375. The molecule has 2 aromatic rings. The number of rotatable bonds is 6. The minimum Gasteiger partial charge on any atom is -0.489 e. The van der Waals surface area contributed by atoms with Crippen molar-refractivity contribution in [3.05, 3.63) is 53.5 Å². The van der Waals surface area contributed by atoms with Crippen LogP contribution in [-0.2, 0) is 6.54 Å². The fourth-order valence-corrected chi connectivity index (χ4v) is 2.00. The van der Waals surface area contributed by atoms with Gasteiger partial charge >= 0.3 is 0 Å². The highest BCUT2D eigenvalue weighted by Gasteiger charge is 2.06. The molecule has 1 heterocycles. The van der Waals surface area contributed by atoms with Crippen LogP contribution >= 0.6 is 0 Å². The number of hydrogen-bond donors (Lipinski definition) is 1. The summed E-state index contributed by atoms with van der Waals surface area (Å²) in [6, 6.07) is 10.1. The second-order valence-electron chi connectivity index (χ2n) is 4.91. The molecule has 1 aromatic heterocycles. The molecular weight excluding hydrogens is 238 g/mol. The van der Waals surface area contributed by atoms with Crippen molar-refractivity contribution < 1.29 is 9.15 Å². The Morgan fingerprint density at radius 3 is 2.79 bits per heavy atom. The molecule has 3 nitrogen and oxygen atoms in total. The van der Waals surface area contributed by atoms with E-state index in [9.17, 15) is 0 Å². The monoisotopic (exact) mass is 259 g/mol. The first-order valence-electron chi connectivity index (χ1n) is 6.62. The molecule has 102 valence electrons. The van der Waals surface area contributed by atoms with Crippen molar-refractivity contribution in [2.75, 3.05) is 6.54 Å². The average molecular weight is 259 g/mol. The van der Waals surface area contributed by atoms with E-state index >= 15 is 0 Å². The fourth-order valence-electron chi connectivity index (χ4n) is 2.00. The predicted molar refractivity (Wildman–Crippen MR) is 76.4 cm³/mol. The van der Waals surface area contributed by atoms with Crippen molar-refractivity contribution in [3.63, 3.8) is 0 Å². The normalized spacial score (nSPS) is 12.4. The van der Waals surface area contributed by atoms with Crippen molar-refractivity contribution in [2.45, 2.75) is 33.4 Å². The van der Waals surface area contributed by atoms with Crippen LogP contribution in [0, 0.1) is 13.8 Å². The minimum absolute atomic E-state index is 0.122. The lowest BCUT2D eigenvalue weighted by atomic mass is 10.1. The third-order valence-electron chi connectivity index (χ3n) is 2.97.